The lowest BCUT2D eigenvalue weighted by Gasteiger charge is -2.52. The van der Waals surface area contributed by atoms with E-state index in [-0.39, 0.29) is 0 Å². The fourth-order valence-electron chi connectivity index (χ4n) is 5.22. The highest BCUT2D eigenvalue weighted by atomic mass is 16.5. The van der Waals surface area contributed by atoms with Crippen LogP contribution in [-0.2, 0) is 6.42 Å². The molecule has 0 spiro atoms. The Bertz CT molecular complexity index is 952. The number of benzene rings is 2. The summed E-state index contributed by atoms with van der Waals surface area (Å²) in [5.74, 6) is 2.76. The van der Waals surface area contributed by atoms with Crippen molar-refractivity contribution in [2.24, 2.45) is 5.92 Å². The first kappa shape index (κ1) is 18.2. The Morgan fingerprint density at radius 2 is 1.79 bits per heavy atom. The third kappa shape index (κ3) is 3.60. The molecular weight excluding hydrogens is 358 g/mol. The third-order valence-electron chi connectivity index (χ3n) is 6.54. The number of nitrogens with two attached hydrogens (primary N) is 1. The van der Waals surface area contributed by atoms with Gasteiger partial charge in [0.1, 0.15) is 11.5 Å². The summed E-state index contributed by atoms with van der Waals surface area (Å²) in [6.07, 6.45) is 7.29. The van der Waals surface area contributed by atoms with Crippen molar-refractivity contribution in [2.75, 3.05) is 18.8 Å². The molecule has 0 aliphatic carbocycles. The van der Waals surface area contributed by atoms with Crippen LogP contribution in [0.2, 0.25) is 0 Å². The number of ether oxygens (including phenoxy) is 1. The fraction of sp³-hybridized carbons (Fsp3) is 0.320. The first-order valence-corrected chi connectivity index (χ1v) is 10.5. The van der Waals surface area contributed by atoms with Crippen LogP contribution in [0.5, 0.6) is 11.5 Å². The maximum atomic E-state index is 6.58. The molecule has 29 heavy (non-hydrogen) atoms. The predicted octanol–water partition coefficient (Wildman–Crippen LogP) is 4.88. The van der Waals surface area contributed by atoms with Gasteiger partial charge in [-0.05, 0) is 74.2 Å². The number of piperidine rings is 3. The Morgan fingerprint density at radius 1 is 0.966 bits per heavy atom. The average Bonchev–Trinajstić information content (AvgIpc) is 2.77. The Hall–Kier alpha value is -2.85. The standard InChI is InChI=1S/C25H27N3O/c26-21-9-4-10-23(29-20-7-2-1-3-8-20)25(21)24-19-11-14-28(15-12-19)22(24)16-18-6-5-13-27-17-18/h1-10,13,17,19,22,24H,11-12,14-16,26H2. The first-order valence-electron chi connectivity index (χ1n) is 10.5. The van der Waals surface area contributed by atoms with Crippen LogP contribution < -0.4 is 10.5 Å². The van der Waals surface area contributed by atoms with Crippen molar-refractivity contribution in [1.82, 2.24) is 9.88 Å². The molecule has 2 bridgehead atoms. The molecule has 3 aromatic rings. The lowest BCUT2D eigenvalue weighted by molar-refractivity contribution is 0.0252. The van der Waals surface area contributed by atoms with E-state index in [9.17, 15) is 0 Å². The molecule has 3 saturated heterocycles. The van der Waals surface area contributed by atoms with E-state index in [1.54, 1.807) is 0 Å². The molecule has 2 atom stereocenters. The van der Waals surface area contributed by atoms with Crippen LogP contribution >= 0.6 is 0 Å². The second-order valence-electron chi connectivity index (χ2n) is 8.21. The number of nitrogen functional groups attached to an aromatic ring is 1. The predicted molar refractivity (Wildman–Crippen MR) is 116 cm³/mol. The molecule has 148 valence electrons. The topological polar surface area (TPSA) is 51.4 Å². The minimum atomic E-state index is 0.373. The van der Waals surface area contributed by atoms with Crippen LogP contribution in [0.3, 0.4) is 0 Å². The van der Waals surface area contributed by atoms with E-state index < -0.39 is 0 Å². The molecular formula is C25H27N3O. The van der Waals surface area contributed by atoms with Crippen molar-refractivity contribution in [3.63, 3.8) is 0 Å². The minimum absolute atomic E-state index is 0.373. The second-order valence-corrected chi connectivity index (χ2v) is 8.21. The van der Waals surface area contributed by atoms with E-state index in [0.29, 0.717) is 17.9 Å². The molecule has 4 nitrogen and oxygen atoms in total. The number of para-hydroxylation sites is 1. The summed E-state index contributed by atoms with van der Waals surface area (Å²) in [6.45, 7) is 2.35. The number of fused-ring (bicyclic) bond motifs is 3. The van der Waals surface area contributed by atoms with Gasteiger partial charge in [0.05, 0.1) is 0 Å². The van der Waals surface area contributed by atoms with Gasteiger partial charge in [0.15, 0.2) is 0 Å². The van der Waals surface area contributed by atoms with Crippen molar-refractivity contribution in [2.45, 2.75) is 31.2 Å². The van der Waals surface area contributed by atoms with E-state index in [4.69, 9.17) is 10.5 Å². The van der Waals surface area contributed by atoms with Crippen LogP contribution in [0.25, 0.3) is 0 Å². The molecule has 3 aliphatic heterocycles. The number of anilines is 1. The van der Waals surface area contributed by atoms with Crippen LogP contribution in [0.4, 0.5) is 5.69 Å². The Kier molecular flexibility index (Phi) is 4.94. The molecule has 2 N–H and O–H groups in total. The normalized spacial score (nSPS) is 25.7. The van der Waals surface area contributed by atoms with Gasteiger partial charge in [0.25, 0.3) is 0 Å². The van der Waals surface area contributed by atoms with Crippen molar-refractivity contribution in [3.05, 3.63) is 84.2 Å². The van der Waals surface area contributed by atoms with Crippen LogP contribution in [0.15, 0.2) is 73.1 Å². The number of aromatic nitrogens is 1. The maximum absolute atomic E-state index is 6.58. The van der Waals surface area contributed by atoms with Crippen molar-refractivity contribution >= 4 is 5.69 Å². The lowest BCUT2D eigenvalue weighted by atomic mass is 9.68. The summed E-state index contributed by atoms with van der Waals surface area (Å²) in [5, 5.41) is 0. The highest BCUT2D eigenvalue weighted by Gasteiger charge is 2.44. The second kappa shape index (κ2) is 7.88. The van der Waals surface area contributed by atoms with Gasteiger partial charge in [-0.2, -0.15) is 0 Å². The number of nitrogens with zero attached hydrogens (tertiary/aromatic N) is 2. The van der Waals surface area contributed by atoms with Gasteiger partial charge < -0.3 is 10.5 Å². The van der Waals surface area contributed by atoms with E-state index >= 15 is 0 Å². The summed E-state index contributed by atoms with van der Waals surface area (Å²) < 4.78 is 6.34. The Balaban J connectivity index is 1.54. The van der Waals surface area contributed by atoms with Crippen LogP contribution in [-0.4, -0.2) is 29.0 Å². The first-order chi connectivity index (χ1) is 14.3. The van der Waals surface area contributed by atoms with Crippen LogP contribution in [0, 0.1) is 5.92 Å². The van der Waals surface area contributed by atoms with Crippen LogP contribution in [0.1, 0.15) is 29.9 Å². The summed E-state index contributed by atoms with van der Waals surface area (Å²) in [6, 6.07) is 20.7. The molecule has 4 heteroatoms. The monoisotopic (exact) mass is 385 g/mol. The quantitative estimate of drug-likeness (QED) is 0.636. The van der Waals surface area contributed by atoms with E-state index in [2.05, 4.69) is 22.0 Å². The van der Waals surface area contributed by atoms with Gasteiger partial charge in [-0.1, -0.05) is 30.3 Å². The number of pyridine rings is 1. The van der Waals surface area contributed by atoms with Gasteiger partial charge in [-0.3, -0.25) is 9.88 Å². The smallest absolute Gasteiger partial charge is 0.133 e. The SMILES string of the molecule is Nc1cccc(Oc2ccccc2)c1C1C2CCN(CC2)C1Cc1cccnc1. The summed E-state index contributed by atoms with van der Waals surface area (Å²) in [4.78, 5) is 6.98. The summed E-state index contributed by atoms with van der Waals surface area (Å²) in [5.41, 5.74) is 9.89. The molecule has 4 heterocycles. The molecule has 0 radical (unpaired) electrons. The maximum Gasteiger partial charge on any atom is 0.133 e. The summed E-state index contributed by atoms with van der Waals surface area (Å²) >= 11 is 0. The van der Waals surface area contributed by atoms with Crippen molar-refractivity contribution in [3.8, 4) is 11.5 Å². The number of hydrogen-bond donors (Lipinski definition) is 1. The third-order valence-corrected chi connectivity index (χ3v) is 6.54. The molecule has 2 aromatic carbocycles. The highest BCUT2D eigenvalue weighted by Crippen LogP contribution is 2.49. The van der Waals surface area contributed by atoms with E-state index in [1.165, 1.54) is 37.1 Å². The van der Waals surface area contributed by atoms with E-state index in [1.807, 2.05) is 60.9 Å². The zero-order chi connectivity index (χ0) is 19.6. The zero-order valence-electron chi connectivity index (χ0n) is 16.6. The molecule has 3 fully saturated rings. The number of rotatable bonds is 5. The number of hydrogen-bond acceptors (Lipinski definition) is 4. The average molecular weight is 386 g/mol. The Labute approximate surface area is 172 Å². The highest BCUT2D eigenvalue weighted by molar-refractivity contribution is 5.58. The molecule has 2 unspecified atom stereocenters. The molecule has 0 saturated carbocycles. The van der Waals surface area contributed by atoms with Gasteiger partial charge >= 0.3 is 0 Å². The van der Waals surface area contributed by atoms with Crippen molar-refractivity contribution < 1.29 is 4.74 Å². The largest absolute Gasteiger partial charge is 0.457 e. The molecule has 6 rings (SSSR count). The van der Waals surface area contributed by atoms with Gasteiger partial charge in [0.2, 0.25) is 0 Å². The molecule has 3 aliphatic rings. The van der Waals surface area contributed by atoms with Gasteiger partial charge in [0, 0.05) is 35.6 Å². The Morgan fingerprint density at radius 3 is 2.55 bits per heavy atom. The molecule has 1 aromatic heterocycles. The summed E-state index contributed by atoms with van der Waals surface area (Å²) in [7, 11) is 0. The minimum Gasteiger partial charge on any atom is -0.457 e. The van der Waals surface area contributed by atoms with Gasteiger partial charge in [-0.25, -0.2) is 0 Å². The van der Waals surface area contributed by atoms with Crippen molar-refractivity contribution in [1.29, 1.82) is 0 Å². The zero-order valence-corrected chi connectivity index (χ0v) is 16.6. The lowest BCUT2D eigenvalue weighted by Crippen LogP contribution is -2.54. The molecule has 0 amide bonds. The fourth-order valence-corrected chi connectivity index (χ4v) is 5.22. The van der Waals surface area contributed by atoms with E-state index in [0.717, 1.165) is 23.6 Å². The van der Waals surface area contributed by atoms with Gasteiger partial charge in [-0.15, -0.1) is 0 Å².